The van der Waals surface area contributed by atoms with E-state index in [0.717, 1.165) is 40.7 Å². The molecule has 1 amide bonds. The molecule has 30 heavy (non-hydrogen) atoms. The highest BCUT2D eigenvalue weighted by Gasteiger charge is 2.53. The van der Waals surface area contributed by atoms with E-state index in [9.17, 15) is 13.2 Å². The van der Waals surface area contributed by atoms with Gasteiger partial charge < -0.3 is 4.90 Å². The fraction of sp³-hybridized carbons (Fsp3) is 0.458. The zero-order valence-electron chi connectivity index (χ0n) is 18.2. The Morgan fingerprint density at radius 3 is 1.90 bits per heavy atom. The Bertz CT molecular complexity index is 1050. The zero-order chi connectivity index (χ0) is 21.7. The maximum absolute atomic E-state index is 13.5. The molecule has 1 aliphatic carbocycles. The number of piperazine rings is 1. The van der Waals surface area contributed by atoms with Crippen molar-refractivity contribution in [3.8, 4) is 0 Å². The van der Waals surface area contributed by atoms with Crippen molar-refractivity contribution in [2.24, 2.45) is 0 Å². The van der Waals surface area contributed by atoms with Crippen LogP contribution in [0.5, 0.6) is 0 Å². The van der Waals surface area contributed by atoms with Crippen molar-refractivity contribution in [3.63, 3.8) is 0 Å². The molecule has 2 aliphatic rings. The second-order valence-corrected chi connectivity index (χ2v) is 10.6. The smallest absolute Gasteiger partial charge is 0.243 e. The Balaban J connectivity index is 1.52. The molecule has 0 aromatic heterocycles. The molecular weight excluding hydrogens is 396 g/mol. The molecule has 0 radical (unpaired) electrons. The van der Waals surface area contributed by atoms with Gasteiger partial charge in [0.2, 0.25) is 15.9 Å². The first-order valence-electron chi connectivity index (χ1n) is 10.6. The van der Waals surface area contributed by atoms with Crippen LogP contribution in [0.1, 0.15) is 40.7 Å². The van der Waals surface area contributed by atoms with Crippen LogP contribution in [0.25, 0.3) is 0 Å². The van der Waals surface area contributed by atoms with E-state index in [-0.39, 0.29) is 5.91 Å². The first-order chi connectivity index (χ1) is 14.2. The van der Waals surface area contributed by atoms with Crippen LogP contribution in [-0.4, -0.2) is 49.7 Å². The number of rotatable bonds is 4. The van der Waals surface area contributed by atoms with Crippen molar-refractivity contribution >= 4 is 15.9 Å². The van der Waals surface area contributed by atoms with Gasteiger partial charge in [-0.2, -0.15) is 4.31 Å². The van der Waals surface area contributed by atoms with E-state index in [1.54, 1.807) is 4.31 Å². The van der Waals surface area contributed by atoms with Gasteiger partial charge in [0, 0.05) is 26.2 Å². The molecule has 2 aromatic rings. The van der Waals surface area contributed by atoms with Gasteiger partial charge in [0.05, 0.1) is 10.3 Å². The number of amides is 1. The number of nitrogens with zero attached hydrogens (tertiary/aromatic N) is 2. The lowest BCUT2D eigenvalue weighted by Crippen LogP contribution is -2.53. The lowest BCUT2D eigenvalue weighted by atomic mass is 9.94. The number of sulfonamides is 1. The van der Waals surface area contributed by atoms with Crippen LogP contribution in [0.15, 0.2) is 41.3 Å². The van der Waals surface area contributed by atoms with Crippen LogP contribution < -0.4 is 0 Å². The highest BCUT2D eigenvalue weighted by Crippen LogP contribution is 2.49. The molecule has 1 heterocycles. The minimum Gasteiger partial charge on any atom is -0.339 e. The summed E-state index contributed by atoms with van der Waals surface area (Å²) in [6, 6.07) is 12.0. The number of hydrogen-bond donors (Lipinski definition) is 0. The van der Waals surface area contributed by atoms with E-state index >= 15 is 0 Å². The monoisotopic (exact) mass is 426 g/mol. The average molecular weight is 427 g/mol. The third kappa shape index (κ3) is 3.36. The van der Waals surface area contributed by atoms with E-state index in [1.165, 1.54) is 0 Å². The molecule has 0 bridgehead atoms. The average Bonchev–Trinajstić information content (AvgIpc) is 3.55. The summed E-state index contributed by atoms with van der Waals surface area (Å²) in [6.45, 7) is 9.23. The first kappa shape index (κ1) is 21.1. The molecule has 2 aromatic carbocycles. The van der Waals surface area contributed by atoms with Crippen molar-refractivity contribution in [2.75, 3.05) is 26.2 Å². The molecule has 0 unspecified atom stereocenters. The molecule has 2 fully saturated rings. The normalized spacial score (nSPS) is 19.0. The van der Waals surface area contributed by atoms with Gasteiger partial charge in [-0.15, -0.1) is 0 Å². The summed E-state index contributed by atoms with van der Waals surface area (Å²) in [4.78, 5) is 15.6. The topological polar surface area (TPSA) is 57.7 Å². The zero-order valence-corrected chi connectivity index (χ0v) is 19.1. The molecule has 160 valence electrons. The van der Waals surface area contributed by atoms with Crippen molar-refractivity contribution in [2.45, 2.75) is 50.8 Å². The largest absolute Gasteiger partial charge is 0.339 e. The summed E-state index contributed by atoms with van der Waals surface area (Å²) in [5.74, 6) is 0.143. The van der Waals surface area contributed by atoms with E-state index in [2.05, 4.69) is 0 Å². The maximum Gasteiger partial charge on any atom is 0.243 e. The van der Waals surface area contributed by atoms with E-state index in [4.69, 9.17) is 0 Å². The van der Waals surface area contributed by atoms with Crippen molar-refractivity contribution in [1.29, 1.82) is 0 Å². The van der Waals surface area contributed by atoms with Gasteiger partial charge in [0.25, 0.3) is 0 Å². The minimum absolute atomic E-state index is 0.143. The van der Waals surface area contributed by atoms with E-state index < -0.39 is 15.4 Å². The van der Waals surface area contributed by atoms with E-state index in [0.29, 0.717) is 31.1 Å². The lowest BCUT2D eigenvalue weighted by molar-refractivity contribution is -0.135. The van der Waals surface area contributed by atoms with Crippen molar-refractivity contribution in [3.05, 3.63) is 64.2 Å². The molecule has 0 spiro atoms. The Morgan fingerprint density at radius 2 is 1.40 bits per heavy atom. The van der Waals surface area contributed by atoms with Crippen LogP contribution in [0.4, 0.5) is 0 Å². The molecule has 1 saturated heterocycles. The summed E-state index contributed by atoms with van der Waals surface area (Å²) in [5, 5.41) is 0. The molecular formula is C24H30N2O3S. The summed E-state index contributed by atoms with van der Waals surface area (Å²) in [7, 11) is -3.59. The number of carbonyl (C=O) groups excluding carboxylic acids is 1. The van der Waals surface area contributed by atoms with Gasteiger partial charge in [0.15, 0.2) is 0 Å². The minimum atomic E-state index is -3.59. The lowest BCUT2D eigenvalue weighted by Gasteiger charge is -2.36. The molecule has 4 rings (SSSR count). The predicted molar refractivity (Wildman–Crippen MR) is 118 cm³/mol. The second kappa shape index (κ2) is 7.50. The third-order valence-corrected chi connectivity index (χ3v) is 9.08. The van der Waals surface area contributed by atoms with Gasteiger partial charge in [-0.1, -0.05) is 36.4 Å². The van der Waals surface area contributed by atoms with Crippen LogP contribution in [0.3, 0.4) is 0 Å². The molecule has 1 saturated carbocycles. The van der Waals surface area contributed by atoms with Crippen LogP contribution in [-0.2, 0) is 20.2 Å². The fourth-order valence-electron chi connectivity index (χ4n) is 4.64. The van der Waals surface area contributed by atoms with E-state index in [1.807, 2.05) is 69.0 Å². The third-order valence-electron chi connectivity index (χ3n) is 6.91. The SMILES string of the molecule is Cc1cc(C)c(C)c(S(=O)(=O)N2CCN(C(=O)C3(c4ccccc4)CC3)CC2)c1C. The van der Waals surface area contributed by atoms with Crippen LogP contribution in [0, 0.1) is 27.7 Å². The summed E-state index contributed by atoms with van der Waals surface area (Å²) >= 11 is 0. The predicted octanol–water partition coefficient (Wildman–Crippen LogP) is 3.48. The maximum atomic E-state index is 13.5. The Kier molecular flexibility index (Phi) is 5.27. The Morgan fingerprint density at radius 1 is 0.867 bits per heavy atom. The first-order valence-corrected chi connectivity index (χ1v) is 12.0. The van der Waals surface area contributed by atoms with Crippen LogP contribution in [0.2, 0.25) is 0 Å². The van der Waals surface area contributed by atoms with Crippen LogP contribution >= 0.6 is 0 Å². The number of aryl methyl sites for hydroxylation is 2. The van der Waals surface area contributed by atoms with Gasteiger partial charge in [-0.05, 0) is 68.4 Å². The molecule has 5 nitrogen and oxygen atoms in total. The van der Waals surface area contributed by atoms with Gasteiger partial charge in [-0.25, -0.2) is 8.42 Å². The number of carbonyl (C=O) groups is 1. The van der Waals surface area contributed by atoms with Crippen molar-refractivity contribution < 1.29 is 13.2 Å². The van der Waals surface area contributed by atoms with Gasteiger partial charge in [-0.3, -0.25) is 4.79 Å². The molecule has 0 atom stereocenters. The Hall–Kier alpha value is -2.18. The summed E-state index contributed by atoms with van der Waals surface area (Å²) in [5.41, 5.74) is 4.29. The van der Waals surface area contributed by atoms with Gasteiger partial charge in [0.1, 0.15) is 0 Å². The van der Waals surface area contributed by atoms with Gasteiger partial charge >= 0.3 is 0 Å². The number of benzene rings is 2. The quantitative estimate of drug-likeness (QED) is 0.752. The highest BCUT2D eigenvalue weighted by atomic mass is 32.2. The molecule has 1 aliphatic heterocycles. The summed E-state index contributed by atoms with van der Waals surface area (Å²) in [6.07, 6.45) is 1.74. The molecule has 0 N–H and O–H groups in total. The number of hydrogen-bond acceptors (Lipinski definition) is 3. The molecule has 6 heteroatoms. The fourth-order valence-corrected chi connectivity index (χ4v) is 6.64. The standard InChI is InChI=1S/C24H30N2O3S/c1-17-16-18(2)20(4)22(19(17)3)30(28,29)26-14-12-25(13-15-26)23(27)24(10-11-24)21-8-6-5-7-9-21/h5-9,16H,10-15H2,1-4H3. The summed E-state index contributed by atoms with van der Waals surface area (Å²) < 4.78 is 28.5. The van der Waals surface area contributed by atoms with Crippen molar-refractivity contribution in [1.82, 2.24) is 9.21 Å². The second-order valence-electron chi connectivity index (χ2n) is 8.73. The Labute approximate surface area is 179 Å². The highest BCUT2D eigenvalue weighted by molar-refractivity contribution is 7.89.